The molecule has 0 fully saturated rings. The van der Waals surface area contributed by atoms with Crippen molar-refractivity contribution in [1.29, 1.82) is 5.26 Å². The molecule has 7 heteroatoms. The Morgan fingerprint density at radius 1 is 1.50 bits per heavy atom. The van der Waals surface area contributed by atoms with E-state index in [-0.39, 0.29) is 17.3 Å². The van der Waals surface area contributed by atoms with Crippen LogP contribution in [0.3, 0.4) is 0 Å². The van der Waals surface area contributed by atoms with E-state index in [1.807, 2.05) is 6.92 Å². The van der Waals surface area contributed by atoms with Gasteiger partial charge in [0, 0.05) is 6.04 Å². The summed E-state index contributed by atoms with van der Waals surface area (Å²) in [6.45, 7) is 3.63. The largest absolute Gasteiger partial charge is 0.478 e. The summed E-state index contributed by atoms with van der Waals surface area (Å²) in [5.41, 5.74) is -2.34. The second kappa shape index (κ2) is 5.82. The van der Waals surface area contributed by atoms with Gasteiger partial charge in [-0.25, -0.2) is 4.79 Å². The number of benzene rings is 1. The molecule has 1 aromatic rings. The monoisotopic (exact) mass is 286 g/mol. The minimum Gasteiger partial charge on any atom is -0.478 e. The summed E-state index contributed by atoms with van der Waals surface area (Å²) in [6, 6.07) is 2.97. The molecule has 1 aromatic carbocycles. The average Bonchev–Trinajstić information content (AvgIpc) is 2.36. The lowest BCUT2D eigenvalue weighted by atomic mass is 10.0. The number of halogens is 3. The third-order valence-electron chi connectivity index (χ3n) is 2.83. The van der Waals surface area contributed by atoms with Gasteiger partial charge in [-0.1, -0.05) is 6.92 Å². The lowest BCUT2D eigenvalue weighted by Gasteiger charge is -2.17. The Morgan fingerprint density at radius 3 is 2.50 bits per heavy atom. The first-order valence-corrected chi connectivity index (χ1v) is 5.85. The Bertz CT molecular complexity index is 562. The van der Waals surface area contributed by atoms with Crippen LogP contribution in [0, 0.1) is 11.3 Å². The van der Waals surface area contributed by atoms with E-state index in [9.17, 15) is 18.0 Å². The van der Waals surface area contributed by atoms with Crippen LogP contribution < -0.4 is 5.32 Å². The van der Waals surface area contributed by atoms with Crippen LogP contribution >= 0.6 is 0 Å². The number of carboxylic acids is 1. The number of carbonyl (C=O) groups is 1. The van der Waals surface area contributed by atoms with E-state index in [4.69, 9.17) is 10.4 Å². The highest BCUT2D eigenvalue weighted by Crippen LogP contribution is 2.35. The van der Waals surface area contributed by atoms with Gasteiger partial charge in [-0.3, -0.25) is 0 Å². The van der Waals surface area contributed by atoms with Crippen molar-refractivity contribution in [3.63, 3.8) is 0 Å². The van der Waals surface area contributed by atoms with Crippen LogP contribution in [0.2, 0.25) is 0 Å². The van der Waals surface area contributed by atoms with Crippen LogP contribution in [0.5, 0.6) is 0 Å². The number of hydrogen-bond donors (Lipinski definition) is 2. The van der Waals surface area contributed by atoms with Crippen molar-refractivity contribution in [2.75, 3.05) is 5.32 Å². The lowest BCUT2D eigenvalue weighted by molar-refractivity contribution is -0.138. The van der Waals surface area contributed by atoms with E-state index in [1.54, 1.807) is 13.0 Å². The van der Waals surface area contributed by atoms with E-state index in [0.29, 0.717) is 12.5 Å². The molecule has 0 saturated carbocycles. The molecule has 0 amide bonds. The van der Waals surface area contributed by atoms with Gasteiger partial charge < -0.3 is 10.4 Å². The number of alkyl halides is 3. The standard InChI is InChI=1S/C13H13F3N2O2/c1-3-7(2)18-11-5-9(12(19)20)10(13(14,15)16)4-8(11)6-17/h4-5,7,18H,3H2,1-2H3,(H,19,20). The molecule has 0 radical (unpaired) electrons. The molecule has 20 heavy (non-hydrogen) atoms. The molecule has 1 unspecified atom stereocenters. The zero-order valence-corrected chi connectivity index (χ0v) is 10.9. The summed E-state index contributed by atoms with van der Waals surface area (Å²) in [6.07, 6.45) is -4.15. The maximum atomic E-state index is 12.8. The Labute approximate surface area is 113 Å². The Balaban J connectivity index is 3.46. The Morgan fingerprint density at radius 2 is 2.10 bits per heavy atom. The molecule has 0 saturated heterocycles. The van der Waals surface area contributed by atoms with Crippen molar-refractivity contribution in [3.05, 3.63) is 28.8 Å². The molecular formula is C13H13F3N2O2. The van der Waals surface area contributed by atoms with E-state index in [2.05, 4.69) is 5.32 Å². The van der Waals surface area contributed by atoms with Crippen molar-refractivity contribution < 1.29 is 23.1 Å². The number of rotatable bonds is 4. The summed E-state index contributed by atoms with van der Waals surface area (Å²) in [5, 5.41) is 20.6. The minimum absolute atomic E-state index is 0.0900. The number of nitrogens with one attached hydrogen (secondary N) is 1. The summed E-state index contributed by atoms with van der Waals surface area (Å²) in [5.74, 6) is -1.69. The second-order valence-electron chi connectivity index (χ2n) is 4.31. The minimum atomic E-state index is -4.83. The van der Waals surface area contributed by atoms with Crippen molar-refractivity contribution in [1.82, 2.24) is 0 Å². The number of aromatic carboxylic acids is 1. The highest BCUT2D eigenvalue weighted by atomic mass is 19.4. The van der Waals surface area contributed by atoms with Crippen LogP contribution in [0.4, 0.5) is 18.9 Å². The molecule has 0 aromatic heterocycles. The maximum Gasteiger partial charge on any atom is 0.417 e. The SMILES string of the molecule is CCC(C)Nc1cc(C(=O)O)c(C(F)(F)F)cc1C#N. The van der Waals surface area contributed by atoms with Gasteiger partial charge in [-0.15, -0.1) is 0 Å². The highest BCUT2D eigenvalue weighted by Gasteiger charge is 2.36. The molecule has 2 N–H and O–H groups in total. The van der Waals surface area contributed by atoms with Gasteiger partial charge in [-0.05, 0) is 25.5 Å². The number of nitrogens with zero attached hydrogens (tertiary/aromatic N) is 1. The second-order valence-corrected chi connectivity index (χ2v) is 4.31. The van der Waals surface area contributed by atoms with E-state index >= 15 is 0 Å². The molecule has 0 bridgehead atoms. The van der Waals surface area contributed by atoms with Gasteiger partial charge in [-0.2, -0.15) is 18.4 Å². The van der Waals surface area contributed by atoms with Crippen molar-refractivity contribution in [2.24, 2.45) is 0 Å². The zero-order valence-electron chi connectivity index (χ0n) is 10.9. The van der Waals surface area contributed by atoms with Gasteiger partial charge in [0.05, 0.1) is 22.4 Å². The zero-order chi connectivity index (χ0) is 15.5. The Hall–Kier alpha value is -2.23. The van der Waals surface area contributed by atoms with Crippen LogP contribution in [0.15, 0.2) is 12.1 Å². The van der Waals surface area contributed by atoms with Crippen LogP contribution in [-0.2, 0) is 6.18 Å². The molecule has 1 rings (SSSR count). The summed E-state index contributed by atoms with van der Waals surface area (Å²) >= 11 is 0. The quantitative estimate of drug-likeness (QED) is 0.888. The molecule has 1 atom stereocenters. The van der Waals surface area contributed by atoms with Crippen molar-refractivity contribution in [3.8, 4) is 6.07 Å². The topological polar surface area (TPSA) is 73.1 Å². The summed E-state index contributed by atoms with van der Waals surface area (Å²) in [4.78, 5) is 11.0. The van der Waals surface area contributed by atoms with E-state index in [1.165, 1.54) is 0 Å². The average molecular weight is 286 g/mol. The fraction of sp³-hybridized carbons (Fsp3) is 0.385. The number of carboxylic acid groups (broad SMARTS) is 1. The van der Waals surface area contributed by atoms with Gasteiger partial charge >= 0.3 is 12.1 Å². The molecular weight excluding hydrogens is 273 g/mol. The summed E-state index contributed by atoms with van der Waals surface area (Å²) < 4.78 is 38.4. The van der Waals surface area contributed by atoms with E-state index < -0.39 is 23.3 Å². The fourth-order valence-corrected chi connectivity index (χ4v) is 1.59. The normalized spacial score (nSPS) is 12.6. The van der Waals surface area contributed by atoms with Crippen molar-refractivity contribution in [2.45, 2.75) is 32.5 Å². The molecule has 0 aliphatic carbocycles. The molecule has 0 aliphatic rings. The van der Waals surface area contributed by atoms with Crippen LogP contribution in [-0.4, -0.2) is 17.1 Å². The van der Waals surface area contributed by atoms with Gasteiger partial charge in [0.25, 0.3) is 0 Å². The Kier molecular flexibility index (Phi) is 4.61. The first kappa shape index (κ1) is 15.8. The van der Waals surface area contributed by atoms with Gasteiger partial charge in [0.2, 0.25) is 0 Å². The van der Waals surface area contributed by atoms with Gasteiger partial charge in [0.15, 0.2) is 0 Å². The first-order chi connectivity index (χ1) is 9.20. The lowest BCUT2D eigenvalue weighted by Crippen LogP contribution is -2.18. The predicted molar refractivity (Wildman–Crippen MR) is 66.5 cm³/mol. The highest BCUT2D eigenvalue weighted by molar-refractivity contribution is 5.91. The summed E-state index contributed by atoms with van der Waals surface area (Å²) in [7, 11) is 0. The van der Waals surface area contributed by atoms with Crippen LogP contribution in [0.1, 0.15) is 41.8 Å². The smallest absolute Gasteiger partial charge is 0.417 e. The third kappa shape index (κ3) is 3.41. The molecule has 4 nitrogen and oxygen atoms in total. The van der Waals surface area contributed by atoms with Crippen LogP contribution in [0.25, 0.3) is 0 Å². The molecule has 0 heterocycles. The maximum absolute atomic E-state index is 12.8. The number of anilines is 1. The fourth-order valence-electron chi connectivity index (χ4n) is 1.59. The molecule has 0 spiro atoms. The third-order valence-corrected chi connectivity index (χ3v) is 2.83. The number of nitriles is 1. The van der Waals surface area contributed by atoms with E-state index in [0.717, 1.165) is 6.07 Å². The predicted octanol–water partition coefficient (Wildman–Crippen LogP) is 3.49. The van der Waals surface area contributed by atoms with Gasteiger partial charge in [0.1, 0.15) is 6.07 Å². The molecule has 108 valence electrons. The van der Waals surface area contributed by atoms with Crippen molar-refractivity contribution >= 4 is 11.7 Å². The molecule has 0 aliphatic heterocycles. The first-order valence-electron chi connectivity index (χ1n) is 5.85. The number of hydrogen-bond acceptors (Lipinski definition) is 3.